The van der Waals surface area contributed by atoms with Crippen LogP contribution in [0.3, 0.4) is 0 Å². The topological polar surface area (TPSA) is 110 Å². The Bertz CT molecular complexity index is 1100. The van der Waals surface area contributed by atoms with E-state index < -0.39 is 35.9 Å². The first kappa shape index (κ1) is 21.4. The summed E-state index contributed by atoms with van der Waals surface area (Å²) in [5.41, 5.74) is -0.486. The zero-order chi connectivity index (χ0) is 21.9. The predicted molar refractivity (Wildman–Crippen MR) is 100 cm³/mol. The van der Waals surface area contributed by atoms with E-state index in [1.54, 1.807) is 24.3 Å². The van der Waals surface area contributed by atoms with Gasteiger partial charge in [-0.3, -0.25) is 9.59 Å². The van der Waals surface area contributed by atoms with E-state index in [0.29, 0.717) is 10.6 Å². The Hall–Kier alpha value is -3.31. The number of rotatable bonds is 5. The average molecular weight is 440 g/mol. The Balaban J connectivity index is 2.05. The number of benzene rings is 1. The van der Waals surface area contributed by atoms with Crippen molar-refractivity contribution in [3.8, 4) is 16.9 Å². The van der Waals surface area contributed by atoms with Gasteiger partial charge in [-0.2, -0.15) is 33.1 Å². The quantitative estimate of drug-likeness (QED) is 0.629. The molecule has 156 valence electrons. The summed E-state index contributed by atoms with van der Waals surface area (Å²) < 4.78 is 38.3. The molecule has 0 spiro atoms. The largest absolute Gasteiger partial charge is 0.416 e. The zero-order valence-corrected chi connectivity index (χ0v) is 15.7. The zero-order valence-electron chi connectivity index (χ0n) is 15.0. The lowest BCUT2D eigenvalue weighted by Gasteiger charge is -2.15. The molecule has 0 radical (unpaired) electrons. The highest BCUT2D eigenvalue weighted by atomic mass is 35.5. The second-order valence-electron chi connectivity index (χ2n) is 6.04. The molecule has 3 aromatic rings. The van der Waals surface area contributed by atoms with Crippen molar-refractivity contribution in [2.24, 2.45) is 0 Å². The molecule has 1 unspecified atom stereocenters. The van der Waals surface area contributed by atoms with Gasteiger partial charge < -0.3 is 10.4 Å². The summed E-state index contributed by atoms with van der Waals surface area (Å²) in [6.07, 6.45) is -5.15. The Kier molecular flexibility index (Phi) is 6.13. The highest BCUT2D eigenvalue weighted by Gasteiger charge is 2.38. The molecule has 0 saturated heterocycles. The van der Waals surface area contributed by atoms with Gasteiger partial charge in [0, 0.05) is 10.6 Å². The molecule has 1 amide bonds. The van der Waals surface area contributed by atoms with Gasteiger partial charge in [-0.15, -0.1) is 0 Å². The fourth-order valence-corrected chi connectivity index (χ4v) is 2.53. The van der Waals surface area contributed by atoms with Crippen LogP contribution in [0, 0.1) is 0 Å². The molecule has 2 N–H and O–H groups in total. The number of carbonyl (C=O) groups excluding carboxylic acids is 1. The minimum Gasteiger partial charge on any atom is -0.382 e. The molecule has 0 fully saturated rings. The highest BCUT2D eigenvalue weighted by molar-refractivity contribution is 6.30. The van der Waals surface area contributed by atoms with Crippen LogP contribution in [0.25, 0.3) is 16.9 Å². The van der Waals surface area contributed by atoms with E-state index in [2.05, 4.69) is 15.3 Å². The molecule has 8 nitrogen and oxygen atoms in total. The minimum absolute atomic E-state index is 0.185. The maximum absolute atomic E-state index is 12.8. The third kappa shape index (κ3) is 4.81. The van der Waals surface area contributed by atoms with E-state index in [-0.39, 0.29) is 11.4 Å². The maximum Gasteiger partial charge on any atom is 0.416 e. The smallest absolute Gasteiger partial charge is 0.382 e. The number of carbonyl (C=O) groups is 1. The SMILES string of the molecule is O=C(NCC(O)C(F)(F)F)c1cc(-c2ccc(Cl)cc2)nn(-c2ccnnc2)c1=O. The number of hydrogen-bond acceptors (Lipinski definition) is 6. The number of nitrogens with one attached hydrogen (secondary N) is 1. The number of amides is 1. The third-order valence-corrected chi connectivity index (χ3v) is 4.20. The summed E-state index contributed by atoms with van der Waals surface area (Å²) >= 11 is 5.87. The molecule has 0 aliphatic carbocycles. The van der Waals surface area contributed by atoms with Crippen molar-refractivity contribution in [1.29, 1.82) is 0 Å². The van der Waals surface area contributed by atoms with Crippen LogP contribution in [0.1, 0.15) is 10.4 Å². The normalized spacial score (nSPS) is 12.4. The number of halogens is 4. The summed E-state index contributed by atoms with van der Waals surface area (Å²) in [6, 6.07) is 8.90. The predicted octanol–water partition coefficient (Wildman–Crippen LogP) is 2.00. The molecule has 2 heterocycles. The minimum atomic E-state index is -4.91. The molecule has 0 aliphatic rings. The van der Waals surface area contributed by atoms with Crippen LogP contribution < -0.4 is 10.9 Å². The molecule has 1 aromatic carbocycles. The van der Waals surface area contributed by atoms with Crippen LogP contribution in [-0.2, 0) is 0 Å². The number of aliphatic hydroxyl groups excluding tert-OH is 1. The van der Waals surface area contributed by atoms with Gasteiger partial charge in [0.2, 0.25) is 0 Å². The summed E-state index contributed by atoms with van der Waals surface area (Å²) in [6.45, 7) is -1.11. The van der Waals surface area contributed by atoms with Crippen LogP contribution in [-0.4, -0.2) is 49.8 Å². The monoisotopic (exact) mass is 439 g/mol. The second kappa shape index (κ2) is 8.59. The van der Waals surface area contributed by atoms with Gasteiger partial charge in [-0.1, -0.05) is 23.7 Å². The maximum atomic E-state index is 12.8. The van der Waals surface area contributed by atoms with E-state index in [1.807, 2.05) is 5.32 Å². The third-order valence-electron chi connectivity index (χ3n) is 3.94. The Morgan fingerprint density at radius 3 is 2.50 bits per heavy atom. The van der Waals surface area contributed by atoms with Crippen LogP contribution in [0.4, 0.5) is 13.2 Å². The number of nitrogens with zero attached hydrogens (tertiary/aromatic N) is 4. The van der Waals surface area contributed by atoms with Gasteiger partial charge in [0.25, 0.3) is 11.5 Å². The lowest BCUT2D eigenvalue weighted by atomic mass is 10.1. The van der Waals surface area contributed by atoms with Crippen molar-refractivity contribution in [1.82, 2.24) is 25.3 Å². The van der Waals surface area contributed by atoms with E-state index in [4.69, 9.17) is 16.7 Å². The molecule has 3 rings (SSSR count). The molecule has 12 heteroatoms. The lowest BCUT2D eigenvalue weighted by Crippen LogP contribution is -2.42. The summed E-state index contributed by atoms with van der Waals surface area (Å²) in [4.78, 5) is 25.2. The van der Waals surface area contributed by atoms with E-state index in [1.165, 1.54) is 18.5 Å². The molecule has 0 saturated carbocycles. The molecule has 2 aromatic heterocycles. The Morgan fingerprint density at radius 2 is 1.90 bits per heavy atom. The summed E-state index contributed by atoms with van der Waals surface area (Å²) in [5.74, 6) is -1.10. The first-order chi connectivity index (χ1) is 14.2. The molecule has 0 aliphatic heterocycles. The lowest BCUT2D eigenvalue weighted by molar-refractivity contribution is -0.201. The van der Waals surface area contributed by atoms with Gasteiger partial charge >= 0.3 is 6.18 Å². The number of hydrogen-bond donors (Lipinski definition) is 2. The van der Waals surface area contributed by atoms with Crippen molar-refractivity contribution in [3.63, 3.8) is 0 Å². The number of aliphatic hydroxyl groups is 1. The first-order valence-corrected chi connectivity index (χ1v) is 8.75. The number of aromatic nitrogens is 4. The van der Waals surface area contributed by atoms with Crippen LogP contribution in [0.5, 0.6) is 0 Å². The second-order valence-corrected chi connectivity index (χ2v) is 6.47. The van der Waals surface area contributed by atoms with Gasteiger partial charge in [-0.05, 0) is 24.3 Å². The van der Waals surface area contributed by atoms with Crippen molar-refractivity contribution < 1.29 is 23.1 Å². The van der Waals surface area contributed by atoms with E-state index in [9.17, 15) is 22.8 Å². The van der Waals surface area contributed by atoms with Gasteiger partial charge in [0.05, 0.1) is 30.3 Å². The van der Waals surface area contributed by atoms with Crippen molar-refractivity contribution >= 4 is 17.5 Å². The number of alkyl halides is 3. The molecular formula is C18H13ClF3N5O3. The van der Waals surface area contributed by atoms with Crippen LogP contribution in [0.2, 0.25) is 5.02 Å². The first-order valence-electron chi connectivity index (χ1n) is 8.37. The average Bonchev–Trinajstić information content (AvgIpc) is 2.72. The molecule has 0 bridgehead atoms. The van der Waals surface area contributed by atoms with Crippen LogP contribution in [0.15, 0.2) is 53.6 Å². The van der Waals surface area contributed by atoms with Gasteiger partial charge in [0.1, 0.15) is 5.56 Å². The molecular weight excluding hydrogens is 427 g/mol. The van der Waals surface area contributed by atoms with Crippen LogP contribution >= 0.6 is 11.6 Å². The fraction of sp³-hybridized carbons (Fsp3) is 0.167. The Labute approximate surface area is 171 Å². The van der Waals surface area contributed by atoms with Crippen molar-refractivity contribution in [3.05, 3.63) is 69.7 Å². The Morgan fingerprint density at radius 1 is 1.20 bits per heavy atom. The van der Waals surface area contributed by atoms with Gasteiger partial charge in [-0.25, -0.2) is 0 Å². The van der Waals surface area contributed by atoms with E-state index >= 15 is 0 Å². The fourth-order valence-electron chi connectivity index (χ4n) is 2.40. The van der Waals surface area contributed by atoms with Gasteiger partial charge in [0.15, 0.2) is 6.10 Å². The summed E-state index contributed by atoms with van der Waals surface area (Å²) in [5, 5.41) is 22.9. The highest BCUT2D eigenvalue weighted by Crippen LogP contribution is 2.21. The van der Waals surface area contributed by atoms with E-state index in [0.717, 1.165) is 10.7 Å². The summed E-state index contributed by atoms with van der Waals surface area (Å²) in [7, 11) is 0. The van der Waals surface area contributed by atoms with Crippen molar-refractivity contribution in [2.75, 3.05) is 6.54 Å². The standard InChI is InChI=1S/C18H13ClF3N5O3/c19-11-3-1-10(2-4-11)14-7-13(16(29)23-9-15(28)18(20,21)22)17(30)27(26-14)12-5-6-24-25-8-12/h1-8,15,28H,9H2,(H,23,29). The molecule has 1 atom stereocenters. The molecule has 30 heavy (non-hydrogen) atoms. The van der Waals surface area contributed by atoms with Crippen molar-refractivity contribution in [2.45, 2.75) is 12.3 Å².